The lowest BCUT2D eigenvalue weighted by atomic mass is 9.99. The summed E-state index contributed by atoms with van der Waals surface area (Å²) in [5.41, 5.74) is 4.20. The molecule has 24 heavy (non-hydrogen) atoms. The number of rotatable bonds is 5. The summed E-state index contributed by atoms with van der Waals surface area (Å²) in [4.78, 5) is 17.0. The van der Waals surface area contributed by atoms with Gasteiger partial charge in [-0.2, -0.15) is 0 Å². The maximum Gasteiger partial charge on any atom is 0.129 e. The first-order valence-corrected chi connectivity index (χ1v) is 9.24. The number of anilines is 1. The Bertz CT molecular complexity index is 526. The van der Waals surface area contributed by atoms with Gasteiger partial charge in [-0.15, -0.1) is 0 Å². The van der Waals surface area contributed by atoms with Crippen molar-refractivity contribution in [2.75, 3.05) is 24.5 Å². The number of Topliss-reactive ketones (excluding diaryl/α,β-unsaturated/α-hetero) is 1. The second-order valence-electron chi connectivity index (χ2n) is 7.33. The van der Waals surface area contributed by atoms with Crippen LogP contribution in [0.1, 0.15) is 65.1 Å². The summed E-state index contributed by atoms with van der Waals surface area (Å²) < 4.78 is 0. The lowest BCUT2D eigenvalue weighted by molar-refractivity contribution is -0.117. The van der Waals surface area contributed by atoms with Crippen LogP contribution in [0.15, 0.2) is 12.3 Å². The predicted molar refractivity (Wildman–Crippen MR) is 103 cm³/mol. The smallest absolute Gasteiger partial charge is 0.129 e. The summed E-state index contributed by atoms with van der Waals surface area (Å²) in [5, 5.41) is 3.57. The number of hydrogen-bond donors (Lipinski definition) is 1. The SMILES string of the molecule is CCCC(C)=O.CCCc1c(N2CCNC(C)(C)C2)ccnc1C. The van der Waals surface area contributed by atoms with E-state index in [0.29, 0.717) is 0 Å². The molecule has 0 radical (unpaired) electrons. The van der Waals surface area contributed by atoms with Crippen LogP contribution in [-0.2, 0) is 11.2 Å². The van der Waals surface area contributed by atoms with Gasteiger partial charge in [-0.3, -0.25) is 4.98 Å². The van der Waals surface area contributed by atoms with Gasteiger partial charge in [0.15, 0.2) is 0 Å². The van der Waals surface area contributed by atoms with Crippen LogP contribution in [0.4, 0.5) is 5.69 Å². The van der Waals surface area contributed by atoms with Crippen LogP contribution < -0.4 is 10.2 Å². The molecule has 1 aliphatic heterocycles. The highest BCUT2D eigenvalue weighted by atomic mass is 16.1. The first-order valence-electron chi connectivity index (χ1n) is 9.24. The Morgan fingerprint density at radius 3 is 2.54 bits per heavy atom. The van der Waals surface area contributed by atoms with Gasteiger partial charge in [-0.25, -0.2) is 0 Å². The number of piperazine rings is 1. The number of carbonyl (C=O) groups excluding carboxylic acids is 1. The lowest BCUT2D eigenvalue weighted by Gasteiger charge is -2.41. The van der Waals surface area contributed by atoms with Crippen molar-refractivity contribution in [3.8, 4) is 0 Å². The zero-order valence-corrected chi connectivity index (χ0v) is 16.4. The van der Waals surface area contributed by atoms with E-state index < -0.39 is 0 Å². The fraction of sp³-hybridized carbons (Fsp3) is 0.700. The third kappa shape index (κ3) is 6.60. The van der Waals surface area contributed by atoms with Crippen LogP contribution in [0.25, 0.3) is 0 Å². The monoisotopic (exact) mass is 333 g/mol. The summed E-state index contributed by atoms with van der Waals surface area (Å²) in [6.45, 7) is 15.7. The van der Waals surface area contributed by atoms with E-state index in [1.54, 1.807) is 6.92 Å². The van der Waals surface area contributed by atoms with Crippen molar-refractivity contribution in [2.45, 2.75) is 72.8 Å². The van der Waals surface area contributed by atoms with Crippen LogP contribution in [0.2, 0.25) is 0 Å². The van der Waals surface area contributed by atoms with E-state index in [1.165, 1.54) is 23.4 Å². The van der Waals surface area contributed by atoms with Crippen molar-refractivity contribution < 1.29 is 4.79 Å². The lowest BCUT2D eigenvalue weighted by Crippen LogP contribution is -2.57. The number of nitrogens with one attached hydrogen (secondary N) is 1. The molecule has 0 atom stereocenters. The van der Waals surface area contributed by atoms with Crippen molar-refractivity contribution >= 4 is 11.5 Å². The Kier molecular flexibility index (Phi) is 8.40. The van der Waals surface area contributed by atoms with E-state index >= 15 is 0 Å². The van der Waals surface area contributed by atoms with Crippen LogP contribution in [0.3, 0.4) is 0 Å². The molecule has 0 saturated carbocycles. The van der Waals surface area contributed by atoms with E-state index in [0.717, 1.165) is 38.9 Å². The van der Waals surface area contributed by atoms with E-state index in [1.807, 2.05) is 13.1 Å². The minimum Gasteiger partial charge on any atom is -0.368 e. The number of aryl methyl sites for hydroxylation is 1. The number of hydrogen-bond acceptors (Lipinski definition) is 4. The molecule has 0 spiro atoms. The maximum absolute atomic E-state index is 10.0. The zero-order chi connectivity index (χ0) is 18.2. The van der Waals surface area contributed by atoms with Crippen LogP contribution in [-0.4, -0.2) is 35.9 Å². The minimum atomic E-state index is 0.193. The molecule has 136 valence electrons. The summed E-state index contributed by atoms with van der Waals surface area (Å²) in [7, 11) is 0. The Morgan fingerprint density at radius 2 is 2.04 bits per heavy atom. The molecule has 0 bridgehead atoms. The second kappa shape index (κ2) is 9.77. The Balaban J connectivity index is 0.000000413. The highest BCUT2D eigenvalue weighted by Crippen LogP contribution is 2.26. The summed E-state index contributed by atoms with van der Waals surface area (Å²) >= 11 is 0. The molecule has 4 nitrogen and oxygen atoms in total. The van der Waals surface area contributed by atoms with Gasteiger partial charge >= 0.3 is 0 Å². The van der Waals surface area contributed by atoms with Crippen molar-refractivity contribution in [3.63, 3.8) is 0 Å². The molecular formula is C20H35N3O. The van der Waals surface area contributed by atoms with Crippen LogP contribution in [0, 0.1) is 6.92 Å². The number of aromatic nitrogens is 1. The molecule has 1 N–H and O–H groups in total. The highest BCUT2D eigenvalue weighted by Gasteiger charge is 2.27. The number of ketones is 1. The average molecular weight is 334 g/mol. The maximum atomic E-state index is 10.0. The third-order valence-corrected chi connectivity index (χ3v) is 4.26. The normalized spacial score (nSPS) is 16.3. The van der Waals surface area contributed by atoms with Gasteiger partial charge < -0.3 is 15.0 Å². The van der Waals surface area contributed by atoms with Crippen molar-refractivity contribution in [3.05, 3.63) is 23.5 Å². The summed E-state index contributed by atoms with van der Waals surface area (Å²) in [5.74, 6) is 0.289. The van der Waals surface area contributed by atoms with Crippen molar-refractivity contribution in [1.82, 2.24) is 10.3 Å². The first-order chi connectivity index (χ1) is 11.3. The number of nitrogens with zero attached hydrogens (tertiary/aromatic N) is 2. The fourth-order valence-electron chi connectivity index (χ4n) is 3.14. The molecule has 0 amide bonds. The molecule has 1 aliphatic rings. The van der Waals surface area contributed by atoms with E-state index in [4.69, 9.17) is 0 Å². The molecule has 1 aromatic heterocycles. The van der Waals surface area contributed by atoms with Gasteiger partial charge in [0.05, 0.1) is 0 Å². The largest absolute Gasteiger partial charge is 0.368 e. The van der Waals surface area contributed by atoms with Crippen LogP contribution >= 0.6 is 0 Å². The van der Waals surface area contributed by atoms with E-state index in [2.05, 4.69) is 49.0 Å². The molecule has 1 saturated heterocycles. The molecule has 2 heterocycles. The van der Waals surface area contributed by atoms with Gasteiger partial charge in [-0.1, -0.05) is 20.3 Å². The topological polar surface area (TPSA) is 45.2 Å². The standard InChI is InChI=1S/C15H25N3.C5H10O/c1-5-6-13-12(2)16-8-7-14(13)18-10-9-17-15(3,4)11-18;1-3-4-5(2)6/h7-8,17H,5-6,9-11H2,1-4H3;3-4H2,1-2H3. The molecule has 0 aromatic carbocycles. The first kappa shape index (κ1) is 20.6. The van der Waals surface area contributed by atoms with E-state index in [9.17, 15) is 4.79 Å². The van der Waals surface area contributed by atoms with Gasteiger partial charge in [-0.05, 0) is 52.2 Å². The predicted octanol–water partition coefficient (Wildman–Crippen LogP) is 3.91. The molecule has 1 fully saturated rings. The molecule has 0 unspecified atom stereocenters. The Hall–Kier alpha value is -1.42. The van der Waals surface area contributed by atoms with Gasteiger partial charge in [0.25, 0.3) is 0 Å². The van der Waals surface area contributed by atoms with Gasteiger partial charge in [0.2, 0.25) is 0 Å². The minimum absolute atomic E-state index is 0.193. The van der Waals surface area contributed by atoms with Crippen LogP contribution in [0.5, 0.6) is 0 Å². The molecular weight excluding hydrogens is 298 g/mol. The highest BCUT2D eigenvalue weighted by molar-refractivity contribution is 5.75. The fourth-order valence-corrected chi connectivity index (χ4v) is 3.14. The second-order valence-corrected chi connectivity index (χ2v) is 7.33. The quantitative estimate of drug-likeness (QED) is 0.887. The Labute approximate surface area is 148 Å². The number of pyridine rings is 1. The molecule has 2 rings (SSSR count). The molecule has 4 heteroatoms. The molecule has 0 aliphatic carbocycles. The van der Waals surface area contributed by atoms with Gasteiger partial charge in [0, 0.05) is 49.2 Å². The summed E-state index contributed by atoms with van der Waals surface area (Å²) in [6, 6.07) is 2.18. The zero-order valence-electron chi connectivity index (χ0n) is 16.4. The molecule has 1 aromatic rings. The van der Waals surface area contributed by atoms with E-state index in [-0.39, 0.29) is 11.3 Å². The summed E-state index contributed by atoms with van der Waals surface area (Å²) in [6.07, 6.45) is 5.96. The Morgan fingerprint density at radius 1 is 1.33 bits per heavy atom. The van der Waals surface area contributed by atoms with Gasteiger partial charge in [0.1, 0.15) is 5.78 Å². The van der Waals surface area contributed by atoms with Crippen molar-refractivity contribution in [2.24, 2.45) is 0 Å². The third-order valence-electron chi connectivity index (χ3n) is 4.26. The number of carbonyl (C=O) groups is 1. The average Bonchev–Trinajstić information content (AvgIpc) is 2.49. The van der Waals surface area contributed by atoms with Crippen molar-refractivity contribution in [1.29, 1.82) is 0 Å².